The molecule has 0 atom stereocenters. The third-order valence-electron chi connectivity index (χ3n) is 3.98. The van der Waals surface area contributed by atoms with Crippen molar-refractivity contribution in [3.63, 3.8) is 0 Å². The zero-order valence-corrected chi connectivity index (χ0v) is 15.8. The lowest BCUT2D eigenvalue weighted by molar-refractivity contribution is -0.115. The van der Waals surface area contributed by atoms with E-state index in [0.717, 1.165) is 0 Å². The molecule has 0 aliphatic carbocycles. The molecule has 8 heteroatoms. The van der Waals surface area contributed by atoms with Crippen molar-refractivity contribution in [1.82, 2.24) is 10.2 Å². The lowest BCUT2D eigenvalue weighted by Gasteiger charge is -2.18. The molecule has 0 fully saturated rings. The van der Waals surface area contributed by atoms with Gasteiger partial charge >= 0.3 is 6.03 Å². The third kappa shape index (κ3) is 6.08. The Hall–Kier alpha value is -3.42. The minimum atomic E-state index is -0.558. The van der Waals surface area contributed by atoms with Gasteiger partial charge in [-0.25, -0.2) is 9.18 Å². The van der Waals surface area contributed by atoms with Gasteiger partial charge in [-0.05, 0) is 62.4 Å². The molecule has 0 radical (unpaired) electrons. The van der Waals surface area contributed by atoms with Gasteiger partial charge in [-0.15, -0.1) is 0 Å². The normalized spacial score (nSPS) is 10.1. The first kappa shape index (κ1) is 20.9. The first-order valence-corrected chi connectivity index (χ1v) is 8.92. The van der Waals surface area contributed by atoms with E-state index in [-0.39, 0.29) is 12.5 Å². The van der Waals surface area contributed by atoms with E-state index >= 15 is 0 Å². The summed E-state index contributed by atoms with van der Waals surface area (Å²) in [5.41, 5.74) is 1.46. The fourth-order valence-electron chi connectivity index (χ4n) is 2.46. The zero-order chi connectivity index (χ0) is 20.5. The number of carbonyl (C=O) groups excluding carboxylic acids is 3. The number of urea groups is 1. The summed E-state index contributed by atoms with van der Waals surface area (Å²) in [5.74, 6) is -0.916. The van der Waals surface area contributed by atoms with Gasteiger partial charge in [0, 0.05) is 30.0 Å². The SMILES string of the molecule is CCN(CC)C(=O)c1ccc(NC(=O)NCC(=O)Nc2ccc(F)cc2)cc1. The van der Waals surface area contributed by atoms with Gasteiger partial charge in [0.1, 0.15) is 5.82 Å². The smallest absolute Gasteiger partial charge is 0.319 e. The van der Waals surface area contributed by atoms with E-state index in [9.17, 15) is 18.8 Å². The highest BCUT2D eigenvalue weighted by atomic mass is 19.1. The second-order valence-corrected chi connectivity index (χ2v) is 5.92. The number of carbonyl (C=O) groups is 3. The van der Waals surface area contributed by atoms with Gasteiger partial charge in [-0.2, -0.15) is 0 Å². The number of nitrogens with one attached hydrogen (secondary N) is 3. The monoisotopic (exact) mass is 386 g/mol. The van der Waals surface area contributed by atoms with Gasteiger partial charge in [-0.3, -0.25) is 9.59 Å². The van der Waals surface area contributed by atoms with Gasteiger partial charge in [0.05, 0.1) is 6.54 Å². The van der Waals surface area contributed by atoms with Crippen LogP contribution < -0.4 is 16.0 Å². The number of nitrogens with zero attached hydrogens (tertiary/aromatic N) is 1. The Morgan fingerprint density at radius 1 is 0.857 bits per heavy atom. The molecule has 3 N–H and O–H groups in total. The lowest BCUT2D eigenvalue weighted by atomic mass is 10.2. The molecular weight excluding hydrogens is 363 g/mol. The molecule has 0 aromatic heterocycles. The van der Waals surface area contributed by atoms with Crippen molar-refractivity contribution in [1.29, 1.82) is 0 Å². The highest BCUT2D eigenvalue weighted by molar-refractivity contribution is 5.98. The Labute approximate surface area is 162 Å². The van der Waals surface area contributed by atoms with E-state index in [2.05, 4.69) is 16.0 Å². The Kier molecular flexibility index (Phi) is 7.50. The van der Waals surface area contributed by atoms with Crippen molar-refractivity contribution in [2.24, 2.45) is 0 Å². The number of anilines is 2. The van der Waals surface area contributed by atoms with Crippen LogP contribution in [-0.2, 0) is 4.79 Å². The highest BCUT2D eigenvalue weighted by Crippen LogP contribution is 2.12. The van der Waals surface area contributed by atoms with Gasteiger partial charge < -0.3 is 20.9 Å². The molecule has 4 amide bonds. The molecule has 0 saturated carbocycles. The number of halogens is 1. The Morgan fingerprint density at radius 2 is 1.39 bits per heavy atom. The predicted octanol–water partition coefficient (Wildman–Crippen LogP) is 3.07. The molecule has 0 aliphatic rings. The maximum absolute atomic E-state index is 12.8. The molecule has 28 heavy (non-hydrogen) atoms. The molecule has 2 aromatic rings. The summed E-state index contributed by atoms with van der Waals surface area (Å²) in [4.78, 5) is 37.7. The van der Waals surface area contributed by atoms with Crippen LogP contribution in [0.3, 0.4) is 0 Å². The van der Waals surface area contributed by atoms with E-state index < -0.39 is 17.8 Å². The number of hydrogen-bond donors (Lipinski definition) is 3. The Balaban J connectivity index is 1.81. The molecule has 0 saturated heterocycles. The predicted molar refractivity (Wildman–Crippen MR) is 106 cm³/mol. The summed E-state index contributed by atoms with van der Waals surface area (Å²) in [6.07, 6.45) is 0. The van der Waals surface area contributed by atoms with Crippen LogP contribution in [0.4, 0.5) is 20.6 Å². The second kappa shape index (κ2) is 10.1. The zero-order valence-electron chi connectivity index (χ0n) is 15.8. The summed E-state index contributed by atoms with van der Waals surface area (Å²) < 4.78 is 12.8. The number of benzene rings is 2. The Morgan fingerprint density at radius 3 is 1.96 bits per heavy atom. The lowest BCUT2D eigenvalue weighted by Crippen LogP contribution is -2.35. The third-order valence-corrected chi connectivity index (χ3v) is 3.98. The first-order valence-electron chi connectivity index (χ1n) is 8.92. The van der Waals surface area contributed by atoms with Crippen LogP contribution in [0.5, 0.6) is 0 Å². The molecule has 7 nitrogen and oxygen atoms in total. The van der Waals surface area contributed by atoms with Crippen LogP contribution in [0.1, 0.15) is 24.2 Å². The van der Waals surface area contributed by atoms with Crippen LogP contribution >= 0.6 is 0 Å². The van der Waals surface area contributed by atoms with Crippen molar-refractivity contribution < 1.29 is 18.8 Å². The minimum Gasteiger partial charge on any atom is -0.339 e. The number of rotatable bonds is 7. The molecule has 0 bridgehead atoms. The summed E-state index contributed by atoms with van der Waals surface area (Å²) in [7, 11) is 0. The quantitative estimate of drug-likeness (QED) is 0.683. The summed E-state index contributed by atoms with van der Waals surface area (Å²) >= 11 is 0. The average molecular weight is 386 g/mol. The van der Waals surface area contributed by atoms with Crippen LogP contribution in [-0.4, -0.2) is 42.4 Å². The van der Waals surface area contributed by atoms with Gasteiger partial charge in [-0.1, -0.05) is 0 Å². The van der Waals surface area contributed by atoms with Gasteiger partial charge in [0.15, 0.2) is 0 Å². The molecule has 0 aliphatic heterocycles. The highest BCUT2D eigenvalue weighted by Gasteiger charge is 2.12. The summed E-state index contributed by atoms with van der Waals surface area (Å²) in [6, 6.07) is 11.3. The van der Waals surface area contributed by atoms with E-state index in [1.165, 1.54) is 24.3 Å². The van der Waals surface area contributed by atoms with E-state index in [4.69, 9.17) is 0 Å². The maximum Gasteiger partial charge on any atom is 0.319 e. The molecule has 2 aromatic carbocycles. The van der Waals surface area contributed by atoms with Crippen molar-refractivity contribution in [2.75, 3.05) is 30.3 Å². The van der Waals surface area contributed by atoms with E-state index in [1.54, 1.807) is 29.2 Å². The topological polar surface area (TPSA) is 90.5 Å². The molecular formula is C20H23FN4O3. The summed E-state index contributed by atoms with van der Waals surface area (Å²) in [6.45, 7) is 4.82. The molecule has 0 heterocycles. The second-order valence-electron chi connectivity index (χ2n) is 5.92. The fourth-order valence-corrected chi connectivity index (χ4v) is 2.46. The van der Waals surface area contributed by atoms with E-state index in [0.29, 0.717) is 30.0 Å². The first-order chi connectivity index (χ1) is 13.4. The minimum absolute atomic E-state index is 0.0709. The maximum atomic E-state index is 12.8. The van der Waals surface area contributed by atoms with E-state index in [1.807, 2.05) is 13.8 Å². The molecule has 2 rings (SSSR count). The van der Waals surface area contributed by atoms with Crippen molar-refractivity contribution >= 4 is 29.2 Å². The largest absolute Gasteiger partial charge is 0.339 e. The number of amides is 4. The van der Waals surface area contributed by atoms with Gasteiger partial charge in [0.2, 0.25) is 5.91 Å². The molecule has 0 spiro atoms. The van der Waals surface area contributed by atoms with Crippen molar-refractivity contribution in [3.8, 4) is 0 Å². The number of hydrogen-bond acceptors (Lipinski definition) is 3. The molecule has 0 unspecified atom stereocenters. The van der Waals surface area contributed by atoms with Crippen LogP contribution in [0.25, 0.3) is 0 Å². The van der Waals surface area contributed by atoms with Crippen molar-refractivity contribution in [3.05, 3.63) is 59.9 Å². The van der Waals surface area contributed by atoms with Crippen molar-refractivity contribution in [2.45, 2.75) is 13.8 Å². The van der Waals surface area contributed by atoms with Crippen LogP contribution in [0, 0.1) is 5.82 Å². The Bertz CT molecular complexity index is 818. The van der Waals surface area contributed by atoms with Gasteiger partial charge in [0.25, 0.3) is 5.91 Å². The fraction of sp³-hybridized carbons (Fsp3) is 0.250. The standard InChI is InChI=1S/C20H23FN4O3/c1-3-25(4-2)19(27)14-5-9-17(10-6-14)24-20(28)22-13-18(26)23-16-11-7-15(21)8-12-16/h5-12H,3-4,13H2,1-2H3,(H,23,26)(H2,22,24,28). The summed E-state index contributed by atoms with van der Waals surface area (Å²) in [5, 5.41) is 7.55. The van der Waals surface area contributed by atoms with Crippen LogP contribution in [0.2, 0.25) is 0 Å². The average Bonchev–Trinajstić information content (AvgIpc) is 2.69. The molecule has 148 valence electrons. The van der Waals surface area contributed by atoms with Crippen LogP contribution in [0.15, 0.2) is 48.5 Å².